The lowest BCUT2D eigenvalue weighted by molar-refractivity contribution is 0.218. The molecule has 0 fully saturated rings. The van der Waals surface area contributed by atoms with Gasteiger partial charge in [0, 0.05) is 39.6 Å². The van der Waals surface area contributed by atoms with Gasteiger partial charge in [-0.25, -0.2) is 9.78 Å². The number of aromatic nitrogens is 5. The average molecular weight is 311 g/mol. The Morgan fingerprint density at radius 2 is 2.14 bits per heavy atom. The van der Waals surface area contributed by atoms with Gasteiger partial charge in [-0.2, -0.15) is 15.0 Å². The van der Waals surface area contributed by atoms with E-state index in [-0.39, 0.29) is 11.3 Å². The lowest BCUT2D eigenvalue weighted by atomic mass is 10.6. The molecule has 0 unspecified atom stereocenters. The van der Waals surface area contributed by atoms with Crippen LogP contribution in [-0.2, 0) is 0 Å². The maximum absolute atomic E-state index is 11.3. The Balaban J connectivity index is 1.93. The second-order valence-corrected chi connectivity index (χ2v) is 4.59. The van der Waals surface area contributed by atoms with Gasteiger partial charge in [-0.1, -0.05) is 0 Å². The molecular formula is C11H15ClN8O. The van der Waals surface area contributed by atoms with Crippen LogP contribution < -0.4 is 10.6 Å². The number of urea groups is 1. The molecule has 2 aromatic rings. The number of nitrogens with one attached hydrogen (secondary N) is 2. The molecule has 9 nitrogen and oxygen atoms in total. The van der Waals surface area contributed by atoms with Gasteiger partial charge in [0.2, 0.25) is 17.2 Å². The topological polar surface area (TPSA) is 101 Å². The number of carbonyl (C=O) groups excluding carboxylic acids is 1. The molecule has 0 aliphatic carbocycles. The Morgan fingerprint density at radius 3 is 2.81 bits per heavy atom. The lowest BCUT2D eigenvalue weighted by Gasteiger charge is -2.12. The summed E-state index contributed by atoms with van der Waals surface area (Å²) in [7, 11) is 3.35. The molecular weight excluding hydrogens is 296 g/mol. The van der Waals surface area contributed by atoms with Gasteiger partial charge in [-0.05, 0) is 11.6 Å². The summed E-state index contributed by atoms with van der Waals surface area (Å²) in [6.07, 6.45) is 4.88. The third kappa shape index (κ3) is 4.28. The third-order valence-electron chi connectivity index (χ3n) is 2.42. The molecule has 0 radical (unpaired) electrons. The Hall–Kier alpha value is -2.42. The van der Waals surface area contributed by atoms with Gasteiger partial charge in [0.1, 0.15) is 6.33 Å². The molecule has 10 heteroatoms. The Labute approximate surface area is 126 Å². The zero-order chi connectivity index (χ0) is 15.2. The first-order chi connectivity index (χ1) is 10.1. The Kier molecular flexibility index (Phi) is 4.88. The van der Waals surface area contributed by atoms with Gasteiger partial charge < -0.3 is 15.5 Å². The second-order valence-electron chi connectivity index (χ2n) is 4.25. The molecule has 2 aromatic heterocycles. The predicted octanol–water partition coefficient (Wildman–Crippen LogP) is 0.394. The van der Waals surface area contributed by atoms with E-state index in [1.807, 2.05) is 0 Å². The van der Waals surface area contributed by atoms with Gasteiger partial charge >= 0.3 is 6.03 Å². The smallest absolute Gasteiger partial charge is 0.316 e. The number of amides is 2. The van der Waals surface area contributed by atoms with E-state index in [0.717, 1.165) is 0 Å². The molecule has 0 aromatic carbocycles. The summed E-state index contributed by atoms with van der Waals surface area (Å²) in [6.45, 7) is 0.893. The van der Waals surface area contributed by atoms with E-state index in [1.54, 1.807) is 37.4 Å². The molecule has 2 amide bonds. The van der Waals surface area contributed by atoms with Crippen LogP contribution in [0.2, 0.25) is 5.28 Å². The fraction of sp³-hybridized carbons (Fsp3) is 0.364. The number of carbonyl (C=O) groups is 1. The van der Waals surface area contributed by atoms with Crippen LogP contribution in [0.3, 0.4) is 0 Å². The quantitative estimate of drug-likeness (QED) is 0.775. The van der Waals surface area contributed by atoms with E-state index in [2.05, 4.69) is 30.6 Å². The van der Waals surface area contributed by atoms with E-state index in [0.29, 0.717) is 25.0 Å². The summed E-state index contributed by atoms with van der Waals surface area (Å²) in [6, 6.07) is -0.162. The highest BCUT2D eigenvalue weighted by Crippen LogP contribution is 2.08. The van der Waals surface area contributed by atoms with Crippen molar-refractivity contribution >= 4 is 23.6 Å². The van der Waals surface area contributed by atoms with Crippen LogP contribution in [0.25, 0.3) is 5.95 Å². The largest absolute Gasteiger partial charge is 0.352 e. The normalized spacial score (nSPS) is 10.2. The number of nitrogens with zero attached hydrogens (tertiary/aromatic N) is 6. The number of anilines is 1. The molecule has 0 aliphatic heterocycles. The van der Waals surface area contributed by atoms with Gasteiger partial charge in [0.05, 0.1) is 0 Å². The van der Waals surface area contributed by atoms with Crippen LogP contribution in [0.4, 0.5) is 10.7 Å². The van der Waals surface area contributed by atoms with E-state index in [9.17, 15) is 4.79 Å². The van der Waals surface area contributed by atoms with Gasteiger partial charge in [-0.15, -0.1) is 0 Å². The first-order valence-electron chi connectivity index (χ1n) is 6.15. The minimum absolute atomic E-state index is 0.0773. The van der Waals surface area contributed by atoms with Crippen LogP contribution in [-0.4, -0.2) is 62.6 Å². The summed E-state index contributed by atoms with van der Waals surface area (Å²) in [5.41, 5.74) is 0. The van der Waals surface area contributed by atoms with Crippen molar-refractivity contribution in [1.82, 2.24) is 34.7 Å². The molecule has 0 saturated heterocycles. The molecule has 0 aliphatic rings. The minimum Gasteiger partial charge on any atom is -0.352 e. The van der Waals surface area contributed by atoms with Crippen molar-refractivity contribution in [1.29, 1.82) is 0 Å². The van der Waals surface area contributed by atoms with Gasteiger partial charge in [0.15, 0.2) is 0 Å². The van der Waals surface area contributed by atoms with Crippen LogP contribution in [0.15, 0.2) is 18.7 Å². The lowest BCUT2D eigenvalue weighted by Crippen LogP contribution is -2.37. The Bertz CT molecular complexity index is 600. The van der Waals surface area contributed by atoms with Crippen LogP contribution in [0.1, 0.15) is 0 Å². The van der Waals surface area contributed by atoms with Crippen molar-refractivity contribution < 1.29 is 4.79 Å². The van der Waals surface area contributed by atoms with Crippen LogP contribution in [0, 0.1) is 0 Å². The maximum atomic E-state index is 11.3. The maximum Gasteiger partial charge on any atom is 0.316 e. The number of halogens is 1. The predicted molar refractivity (Wildman–Crippen MR) is 77.5 cm³/mol. The van der Waals surface area contributed by atoms with Crippen LogP contribution in [0.5, 0.6) is 0 Å². The first-order valence-corrected chi connectivity index (χ1v) is 6.53. The van der Waals surface area contributed by atoms with E-state index in [1.165, 1.54) is 4.90 Å². The van der Waals surface area contributed by atoms with E-state index < -0.39 is 0 Å². The molecule has 2 heterocycles. The second kappa shape index (κ2) is 6.84. The van der Waals surface area contributed by atoms with Crippen molar-refractivity contribution in [3.05, 3.63) is 24.0 Å². The van der Waals surface area contributed by atoms with Gasteiger partial charge in [0.25, 0.3) is 0 Å². The summed E-state index contributed by atoms with van der Waals surface area (Å²) >= 11 is 5.86. The minimum atomic E-state index is -0.162. The summed E-state index contributed by atoms with van der Waals surface area (Å²) < 4.78 is 1.62. The summed E-state index contributed by atoms with van der Waals surface area (Å²) in [5.74, 6) is 0.699. The number of hydrogen-bond acceptors (Lipinski definition) is 6. The zero-order valence-electron chi connectivity index (χ0n) is 11.6. The summed E-state index contributed by atoms with van der Waals surface area (Å²) in [4.78, 5) is 28.9. The average Bonchev–Trinajstić information content (AvgIpc) is 2.96. The number of hydrogen-bond donors (Lipinski definition) is 2. The third-order valence-corrected chi connectivity index (χ3v) is 2.59. The molecule has 0 spiro atoms. The number of imidazole rings is 1. The molecule has 2 N–H and O–H groups in total. The fourth-order valence-corrected chi connectivity index (χ4v) is 1.57. The highest BCUT2D eigenvalue weighted by atomic mass is 35.5. The SMILES string of the molecule is CN(C)C(=O)NCCNc1nc(Cl)nc(-n2ccnc2)n1. The molecule has 0 saturated carbocycles. The van der Waals surface area contributed by atoms with E-state index >= 15 is 0 Å². The molecule has 2 rings (SSSR count). The van der Waals surface area contributed by atoms with E-state index in [4.69, 9.17) is 11.6 Å². The highest BCUT2D eigenvalue weighted by Gasteiger charge is 2.06. The van der Waals surface area contributed by atoms with Crippen molar-refractivity contribution in [3.63, 3.8) is 0 Å². The molecule has 112 valence electrons. The van der Waals surface area contributed by atoms with Crippen molar-refractivity contribution in [2.75, 3.05) is 32.5 Å². The van der Waals surface area contributed by atoms with Gasteiger partial charge in [-0.3, -0.25) is 4.57 Å². The van der Waals surface area contributed by atoms with Crippen LogP contribution >= 0.6 is 11.6 Å². The molecule has 21 heavy (non-hydrogen) atoms. The fourth-order valence-electron chi connectivity index (χ4n) is 1.41. The standard InChI is InChI=1S/C11H15ClN8O/c1-19(2)11(21)15-4-3-14-9-16-8(12)17-10(18-9)20-6-5-13-7-20/h5-7H,3-4H2,1-2H3,(H,15,21)(H,14,16,17,18). The molecule has 0 atom stereocenters. The zero-order valence-corrected chi connectivity index (χ0v) is 12.4. The molecule has 0 bridgehead atoms. The van der Waals surface area contributed by atoms with Crippen molar-refractivity contribution in [3.8, 4) is 5.95 Å². The highest BCUT2D eigenvalue weighted by molar-refractivity contribution is 6.28. The Morgan fingerprint density at radius 1 is 1.33 bits per heavy atom. The summed E-state index contributed by atoms with van der Waals surface area (Å²) in [5, 5.41) is 5.76. The van der Waals surface area contributed by atoms with Crippen molar-refractivity contribution in [2.24, 2.45) is 0 Å². The first kappa shape index (κ1) is 15.0. The monoisotopic (exact) mass is 310 g/mol. The number of rotatable bonds is 5. The van der Waals surface area contributed by atoms with Crippen molar-refractivity contribution in [2.45, 2.75) is 0 Å².